The first-order valence-corrected chi connectivity index (χ1v) is 33.8. The van der Waals surface area contributed by atoms with Gasteiger partial charge in [-0.1, -0.05) is 304 Å². The van der Waals surface area contributed by atoms with Gasteiger partial charge in [-0.3, -0.25) is 4.79 Å². The molecule has 1 rings (SSSR count). The first kappa shape index (κ1) is 75.4. The lowest BCUT2D eigenvalue weighted by molar-refractivity contribution is -0.302. The van der Waals surface area contributed by atoms with Crippen LogP contribution in [-0.4, -0.2) is 87.5 Å². The quantitative estimate of drug-likeness (QED) is 0.0261. The average molecular weight is 1120 g/mol. The van der Waals surface area contributed by atoms with Gasteiger partial charge in [0.25, 0.3) is 0 Å². The van der Waals surface area contributed by atoms with Crippen molar-refractivity contribution in [2.45, 2.75) is 346 Å². The van der Waals surface area contributed by atoms with Crippen LogP contribution in [0.25, 0.3) is 0 Å². The molecule has 1 aliphatic rings. The zero-order chi connectivity index (χ0) is 57.9. The first-order valence-electron chi connectivity index (χ1n) is 33.8. The van der Waals surface area contributed by atoms with Gasteiger partial charge in [0.1, 0.15) is 24.4 Å². The number of nitrogens with one attached hydrogen (secondary N) is 1. The molecule has 0 bridgehead atoms. The fourth-order valence-corrected chi connectivity index (χ4v) is 10.4. The van der Waals surface area contributed by atoms with Crippen LogP contribution in [0.5, 0.6) is 0 Å². The first-order chi connectivity index (χ1) is 39.3. The normalized spacial score (nSPS) is 19.0. The summed E-state index contributed by atoms with van der Waals surface area (Å²) in [7, 11) is 0. The number of hydrogen-bond acceptors (Lipinski definition) is 8. The number of carbonyl (C=O) groups is 1. The Morgan fingerprint density at radius 3 is 1.20 bits per heavy atom. The van der Waals surface area contributed by atoms with E-state index in [-0.39, 0.29) is 12.5 Å². The number of unbranched alkanes of at least 4 members (excludes halogenated alkanes) is 36. The molecule has 1 saturated heterocycles. The third kappa shape index (κ3) is 47.8. The van der Waals surface area contributed by atoms with Crippen LogP contribution in [0, 0.1) is 0 Å². The van der Waals surface area contributed by atoms with Gasteiger partial charge in [-0.2, -0.15) is 0 Å². The summed E-state index contributed by atoms with van der Waals surface area (Å²) in [6.45, 7) is 3.68. The number of rotatable bonds is 58. The second-order valence-corrected chi connectivity index (χ2v) is 23.2. The molecule has 1 fully saturated rings. The number of aliphatic hydroxyl groups is 5. The molecule has 6 N–H and O–H groups in total. The molecule has 9 nitrogen and oxygen atoms in total. The predicted molar refractivity (Wildman–Crippen MR) is 341 cm³/mol. The maximum absolute atomic E-state index is 13.1. The summed E-state index contributed by atoms with van der Waals surface area (Å²) in [4.78, 5) is 13.1. The van der Waals surface area contributed by atoms with Gasteiger partial charge in [0.05, 0.1) is 25.4 Å². The lowest BCUT2D eigenvalue weighted by Gasteiger charge is -2.40. The summed E-state index contributed by atoms with van der Waals surface area (Å²) >= 11 is 0. The van der Waals surface area contributed by atoms with Crippen molar-refractivity contribution in [3.8, 4) is 0 Å². The Bertz CT molecular complexity index is 1540. The van der Waals surface area contributed by atoms with Crippen LogP contribution >= 0.6 is 0 Å². The van der Waals surface area contributed by atoms with Crippen LogP contribution in [0.15, 0.2) is 85.1 Å². The lowest BCUT2D eigenvalue weighted by Crippen LogP contribution is -2.60. The standard InChI is InChI=1S/C71H127NO8/c1-3-5-7-9-11-13-15-17-19-21-23-25-27-28-29-30-31-32-33-34-35-36-37-38-39-41-43-45-47-49-51-53-55-57-59-61-67(75)72-64(63-79-71-70(78)69(77)68(76)66(62-73)80-71)65(74)60-58-56-54-52-50-48-46-44-42-40-26-24-22-20-18-16-14-12-10-8-6-4-2/h5,7,11,13,17,19,23,25,28-29,50,52,58,60,64-66,68-71,73-74,76-78H,3-4,6,8-10,12,14-16,18,20-22,24,26-27,30-49,51,53-57,59,61-63H2,1-2H3,(H,72,75)/b7-5-,13-11-,19-17-,25-23-,29-28-,52-50+,60-58+. The molecule has 80 heavy (non-hydrogen) atoms. The summed E-state index contributed by atoms with van der Waals surface area (Å²) in [5.41, 5.74) is 0. The highest BCUT2D eigenvalue weighted by atomic mass is 16.7. The van der Waals surface area contributed by atoms with Gasteiger partial charge < -0.3 is 40.3 Å². The SMILES string of the molecule is CC/C=C\C/C=C\C/C=C\C/C=C\C/C=C\CCCCCCCCCCCCCCCCCCCCCC(=O)NC(COC1OC(CO)C(O)C(O)C1O)C(O)/C=C/CC/C=C/CCCCCCCCCCCCCCCCCC. The van der Waals surface area contributed by atoms with Gasteiger partial charge in [0.2, 0.25) is 5.91 Å². The van der Waals surface area contributed by atoms with Gasteiger partial charge in [0.15, 0.2) is 6.29 Å². The van der Waals surface area contributed by atoms with Crippen LogP contribution in [0.2, 0.25) is 0 Å². The van der Waals surface area contributed by atoms with Crippen molar-refractivity contribution in [1.29, 1.82) is 0 Å². The van der Waals surface area contributed by atoms with Crippen molar-refractivity contribution >= 4 is 5.91 Å². The molecule has 0 spiro atoms. The van der Waals surface area contributed by atoms with E-state index >= 15 is 0 Å². The van der Waals surface area contributed by atoms with E-state index in [1.165, 1.54) is 212 Å². The largest absolute Gasteiger partial charge is 0.394 e. The topological polar surface area (TPSA) is 149 Å². The fraction of sp³-hybridized carbons (Fsp3) is 0.789. The Labute approximate surface area is 492 Å². The van der Waals surface area contributed by atoms with Crippen LogP contribution in [0.4, 0.5) is 0 Å². The molecule has 0 radical (unpaired) electrons. The third-order valence-electron chi connectivity index (χ3n) is 15.7. The molecule has 9 heteroatoms. The Morgan fingerprint density at radius 1 is 0.438 bits per heavy atom. The molecule has 7 unspecified atom stereocenters. The van der Waals surface area contributed by atoms with Crippen molar-refractivity contribution < 1.29 is 39.8 Å². The fourth-order valence-electron chi connectivity index (χ4n) is 10.4. The van der Waals surface area contributed by atoms with Gasteiger partial charge in [0, 0.05) is 6.42 Å². The number of ether oxygens (including phenoxy) is 2. The zero-order valence-electron chi connectivity index (χ0n) is 51.8. The molecule has 0 aromatic rings. The van der Waals surface area contributed by atoms with Crippen LogP contribution in [-0.2, 0) is 14.3 Å². The molecule has 0 saturated carbocycles. The molecule has 1 heterocycles. The molecule has 0 aliphatic carbocycles. The van der Waals surface area contributed by atoms with Crippen molar-refractivity contribution in [1.82, 2.24) is 5.32 Å². The minimum atomic E-state index is -1.57. The summed E-state index contributed by atoms with van der Waals surface area (Å²) in [6.07, 6.45) is 78.2. The second kappa shape index (κ2) is 59.5. The highest BCUT2D eigenvalue weighted by Gasteiger charge is 2.44. The summed E-state index contributed by atoms with van der Waals surface area (Å²) in [5.74, 6) is -0.184. The Morgan fingerprint density at radius 2 is 0.787 bits per heavy atom. The number of hydrogen-bond donors (Lipinski definition) is 6. The Balaban J connectivity index is 2.13. The highest BCUT2D eigenvalue weighted by Crippen LogP contribution is 2.23. The molecule has 1 aliphatic heterocycles. The molecular formula is C71H127NO8. The third-order valence-corrected chi connectivity index (χ3v) is 15.7. The minimum absolute atomic E-state index is 0.184. The molecular weight excluding hydrogens is 995 g/mol. The van der Waals surface area contributed by atoms with E-state index in [0.29, 0.717) is 6.42 Å². The summed E-state index contributed by atoms with van der Waals surface area (Å²) in [6, 6.07) is -0.825. The summed E-state index contributed by atoms with van der Waals surface area (Å²) < 4.78 is 11.3. The van der Waals surface area contributed by atoms with Crippen LogP contribution < -0.4 is 5.32 Å². The van der Waals surface area contributed by atoms with E-state index in [4.69, 9.17) is 9.47 Å². The molecule has 7 atom stereocenters. The molecule has 1 amide bonds. The average Bonchev–Trinajstić information content (AvgIpc) is 3.46. The second-order valence-electron chi connectivity index (χ2n) is 23.2. The maximum atomic E-state index is 13.1. The van der Waals surface area contributed by atoms with E-state index in [1.807, 2.05) is 6.08 Å². The molecule has 0 aromatic heterocycles. The van der Waals surface area contributed by atoms with Crippen molar-refractivity contribution in [3.05, 3.63) is 85.1 Å². The van der Waals surface area contributed by atoms with Crippen LogP contribution in [0.3, 0.4) is 0 Å². The predicted octanol–water partition coefficient (Wildman–Crippen LogP) is 18.1. The minimum Gasteiger partial charge on any atom is -0.394 e. The van der Waals surface area contributed by atoms with Gasteiger partial charge in [-0.25, -0.2) is 0 Å². The zero-order valence-corrected chi connectivity index (χ0v) is 51.8. The number of aliphatic hydroxyl groups excluding tert-OH is 5. The number of amides is 1. The molecule has 464 valence electrons. The van der Waals surface area contributed by atoms with E-state index < -0.39 is 49.5 Å². The van der Waals surface area contributed by atoms with Gasteiger partial charge >= 0.3 is 0 Å². The number of allylic oxidation sites excluding steroid dienone is 13. The van der Waals surface area contributed by atoms with Gasteiger partial charge in [-0.15, -0.1) is 0 Å². The Kier molecular flexibility index (Phi) is 56.1. The van der Waals surface area contributed by atoms with Crippen molar-refractivity contribution in [3.63, 3.8) is 0 Å². The monoisotopic (exact) mass is 1120 g/mol. The van der Waals surface area contributed by atoms with Crippen molar-refractivity contribution in [2.24, 2.45) is 0 Å². The van der Waals surface area contributed by atoms with E-state index in [1.54, 1.807) is 6.08 Å². The van der Waals surface area contributed by atoms with E-state index in [9.17, 15) is 30.3 Å². The van der Waals surface area contributed by atoms with Crippen LogP contribution in [0.1, 0.15) is 303 Å². The highest BCUT2D eigenvalue weighted by molar-refractivity contribution is 5.76. The van der Waals surface area contributed by atoms with Gasteiger partial charge in [-0.05, 0) is 77.0 Å². The van der Waals surface area contributed by atoms with E-state index in [2.05, 4.69) is 92.1 Å². The summed E-state index contributed by atoms with van der Waals surface area (Å²) in [5, 5.41) is 54.7. The maximum Gasteiger partial charge on any atom is 0.220 e. The number of carbonyl (C=O) groups excluding carboxylic acids is 1. The van der Waals surface area contributed by atoms with E-state index in [0.717, 1.165) is 70.6 Å². The van der Waals surface area contributed by atoms with Crippen molar-refractivity contribution in [2.75, 3.05) is 13.2 Å². The smallest absolute Gasteiger partial charge is 0.220 e. The molecule has 0 aromatic carbocycles. The lowest BCUT2D eigenvalue weighted by atomic mass is 9.99. The Hall–Kier alpha value is -2.63.